The van der Waals surface area contributed by atoms with Gasteiger partial charge in [-0.1, -0.05) is 0 Å². The molecule has 0 fully saturated rings. The fraction of sp³-hybridized carbons (Fsp3) is 0. The van der Waals surface area contributed by atoms with Crippen LogP contribution in [0.25, 0.3) is 10.2 Å². The number of ether oxygens (including phenoxy) is 1. The van der Waals surface area contributed by atoms with Crippen molar-refractivity contribution >= 4 is 21.6 Å². The summed E-state index contributed by atoms with van der Waals surface area (Å²) in [6, 6.07) is 13.6. The van der Waals surface area contributed by atoms with E-state index in [9.17, 15) is 5.11 Å². The zero-order valence-electron chi connectivity index (χ0n) is 9.66. The van der Waals surface area contributed by atoms with Crippen LogP contribution in [0.1, 0.15) is 5.01 Å². The Morgan fingerprint density at radius 1 is 1.11 bits per heavy atom. The Morgan fingerprint density at radius 3 is 2.58 bits per heavy atom. The van der Waals surface area contributed by atoms with Crippen LogP contribution in [0.5, 0.6) is 17.2 Å². The molecule has 1 radical (unpaired) electrons. The highest BCUT2D eigenvalue weighted by Crippen LogP contribution is 2.29. The Morgan fingerprint density at radius 2 is 1.84 bits per heavy atom. The summed E-state index contributed by atoms with van der Waals surface area (Å²) in [5.41, 5.74) is 0.781. The third-order valence-corrected chi connectivity index (χ3v) is 3.44. The summed E-state index contributed by atoms with van der Waals surface area (Å²) < 4.78 is 6.54. The van der Waals surface area contributed by atoms with Gasteiger partial charge < -0.3 is 4.74 Å². The van der Waals surface area contributed by atoms with Gasteiger partial charge in [0.05, 0.1) is 10.2 Å². The Kier molecular flexibility index (Phi) is 2.78. The van der Waals surface area contributed by atoms with E-state index in [1.807, 2.05) is 18.2 Å². The molecule has 0 aliphatic carbocycles. The average Bonchev–Trinajstić information content (AvgIpc) is 2.83. The molecular weight excluding hydrogens is 260 g/mol. The number of benzene rings is 2. The summed E-state index contributed by atoms with van der Waals surface area (Å²) in [5, 5.41) is 20.2. The quantitative estimate of drug-likeness (QED) is 0.701. The molecule has 0 saturated heterocycles. The highest BCUT2D eigenvalue weighted by Gasteiger charge is 2.05. The van der Waals surface area contributed by atoms with Gasteiger partial charge >= 0.3 is 0 Å². The van der Waals surface area contributed by atoms with Crippen molar-refractivity contribution in [2.45, 2.75) is 0 Å². The first kappa shape index (κ1) is 11.5. The second kappa shape index (κ2) is 4.59. The van der Waals surface area contributed by atoms with Gasteiger partial charge in [0.2, 0.25) is 0 Å². The van der Waals surface area contributed by atoms with Crippen molar-refractivity contribution in [1.82, 2.24) is 4.98 Å². The summed E-state index contributed by atoms with van der Waals surface area (Å²) in [6.07, 6.45) is 0. The number of nitriles is 1. The summed E-state index contributed by atoms with van der Waals surface area (Å²) in [5.74, 6) is 1.20. The van der Waals surface area contributed by atoms with E-state index in [4.69, 9.17) is 10.00 Å². The van der Waals surface area contributed by atoms with E-state index in [0.717, 1.165) is 10.2 Å². The van der Waals surface area contributed by atoms with E-state index in [1.54, 1.807) is 18.2 Å². The Labute approximate surface area is 113 Å². The van der Waals surface area contributed by atoms with E-state index in [1.165, 1.54) is 23.5 Å². The molecule has 0 N–H and O–H groups in total. The smallest absolute Gasteiger partial charge is 0.195 e. The molecular formula is C14H7N2O2S. The number of rotatable bonds is 2. The molecule has 0 saturated carbocycles. The number of fused-ring (bicyclic) bond motifs is 1. The first-order valence-corrected chi connectivity index (χ1v) is 6.32. The molecule has 19 heavy (non-hydrogen) atoms. The van der Waals surface area contributed by atoms with Crippen molar-refractivity contribution in [1.29, 1.82) is 5.26 Å². The van der Waals surface area contributed by atoms with E-state index < -0.39 is 0 Å². The lowest BCUT2D eigenvalue weighted by Crippen LogP contribution is -1.82. The van der Waals surface area contributed by atoms with Crippen LogP contribution in [0.3, 0.4) is 0 Å². The molecule has 91 valence electrons. The minimum absolute atomic E-state index is 0.0519. The van der Waals surface area contributed by atoms with Crippen LogP contribution in [-0.4, -0.2) is 4.98 Å². The second-order valence-electron chi connectivity index (χ2n) is 3.83. The van der Waals surface area contributed by atoms with Crippen LogP contribution in [0.4, 0.5) is 0 Å². The topological polar surface area (TPSA) is 65.8 Å². The fourth-order valence-corrected chi connectivity index (χ4v) is 2.45. The predicted molar refractivity (Wildman–Crippen MR) is 71.0 cm³/mol. The number of hydrogen-bond acceptors (Lipinski definition) is 4. The van der Waals surface area contributed by atoms with Crippen molar-refractivity contribution in [3.63, 3.8) is 0 Å². The van der Waals surface area contributed by atoms with Crippen LogP contribution in [0, 0.1) is 11.3 Å². The minimum atomic E-state index is -0.0519. The monoisotopic (exact) mass is 267 g/mol. The first-order valence-electron chi connectivity index (χ1n) is 5.50. The maximum atomic E-state index is 11.0. The number of nitrogens with zero attached hydrogens (tertiary/aromatic N) is 2. The maximum absolute atomic E-state index is 11.0. The molecule has 3 aromatic rings. The number of thiazole rings is 1. The van der Waals surface area contributed by atoms with Gasteiger partial charge in [-0.2, -0.15) is 5.26 Å². The summed E-state index contributed by atoms with van der Waals surface area (Å²) in [6.45, 7) is 0. The largest absolute Gasteiger partial charge is 0.457 e. The second-order valence-corrected chi connectivity index (χ2v) is 4.86. The first-order chi connectivity index (χ1) is 9.24. The van der Waals surface area contributed by atoms with Gasteiger partial charge in [-0.05, 0) is 36.4 Å². The maximum Gasteiger partial charge on any atom is 0.195 e. The molecule has 1 aromatic heterocycles. The summed E-state index contributed by atoms with van der Waals surface area (Å²) in [4.78, 5) is 4.15. The van der Waals surface area contributed by atoms with E-state index in [2.05, 4.69) is 4.98 Å². The minimum Gasteiger partial charge on any atom is -0.457 e. The normalized spacial score (nSPS) is 10.3. The van der Waals surface area contributed by atoms with Crippen LogP contribution < -0.4 is 4.74 Å². The van der Waals surface area contributed by atoms with Crippen LogP contribution >= 0.6 is 11.3 Å². The van der Waals surface area contributed by atoms with Crippen LogP contribution in [0.2, 0.25) is 0 Å². The molecule has 0 aliphatic heterocycles. The van der Waals surface area contributed by atoms with E-state index in [0.29, 0.717) is 16.5 Å². The molecule has 1 heterocycles. The SMILES string of the molecule is N#Cc1nc2ccc(Oc3ccc([O])cc3)cc2s1. The molecule has 4 nitrogen and oxygen atoms in total. The third-order valence-electron chi connectivity index (χ3n) is 2.51. The number of aromatic nitrogens is 1. The Bertz CT molecular complexity index is 772. The van der Waals surface area contributed by atoms with Gasteiger partial charge in [-0.15, -0.1) is 11.3 Å². The molecule has 0 unspecified atom stereocenters. The standard InChI is InChI=1S/C14H7N2O2S/c15-8-14-16-12-6-5-11(7-13(12)19-14)18-10-3-1-9(17)2-4-10/h1-7H. The van der Waals surface area contributed by atoms with Gasteiger partial charge in [0.25, 0.3) is 0 Å². The van der Waals surface area contributed by atoms with Crippen molar-refractivity contribution in [2.24, 2.45) is 0 Å². The fourth-order valence-electron chi connectivity index (χ4n) is 1.66. The molecule has 0 bridgehead atoms. The van der Waals surface area contributed by atoms with Gasteiger partial charge in [0, 0.05) is 6.07 Å². The van der Waals surface area contributed by atoms with E-state index >= 15 is 0 Å². The van der Waals surface area contributed by atoms with E-state index in [-0.39, 0.29) is 5.75 Å². The van der Waals surface area contributed by atoms with Gasteiger partial charge in [-0.25, -0.2) is 4.98 Å². The zero-order valence-corrected chi connectivity index (χ0v) is 10.5. The highest BCUT2D eigenvalue weighted by molar-refractivity contribution is 7.19. The molecule has 0 spiro atoms. The Balaban J connectivity index is 1.93. The lowest BCUT2D eigenvalue weighted by atomic mass is 10.3. The summed E-state index contributed by atoms with van der Waals surface area (Å²) >= 11 is 1.32. The van der Waals surface area contributed by atoms with Gasteiger partial charge in [0.1, 0.15) is 17.6 Å². The molecule has 5 heteroatoms. The average molecular weight is 267 g/mol. The van der Waals surface area contributed by atoms with Crippen molar-refractivity contribution < 1.29 is 9.84 Å². The molecule has 2 aromatic carbocycles. The van der Waals surface area contributed by atoms with Gasteiger partial charge in [0.15, 0.2) is 10.8 Å². The predicted octanol–water partition coefficient (Wildman–Crippen LogP) is 4.10. The van der Waals surface area contributed by atoms with Gasteiger partial charge in [-0.3, -0.25) is 5.11 Å². The molecule has 3 rings (SSSR count). The third kappa shape index (κ3) is 2.34. The van der Waals surface area contributed by atoms with Crippen molar-refractivity contribution in [3.8, 4) is 23.3 Å². The van der Waals surface area contributed by atoms with Crippen LogP contribution in [0.15, 0.2) is 42.5 Å². The van der Waals surface area contributed by atoms with Crippen molar-refractivity contribution in [2.75, 3.05) is 0 Å². The molecule has 0 aliphatic rings. The lowest BCUT2D eigenvalue weighted by molar-refractivity contribution is 0.354. The zero-order chi connectivity index (χ0) is 13.2. The molecule has 0 atom stereocenters. The lowest BCUT2D eigenvalue weighted by Gasteiger charge is -2.04. The van der Waals surface area contributed by atoms with Crippen molar-refractivity contribution in [3.05, 3.63) is 47.5 Å². The summed E-state index contributed by atoms with van der Waals surface area (Å²) in [7, 11) is 0. The highest BCUT2D eigenvalue weighted by atomic mass is 32.1. The number of hydrogen-bond donors (Lipinski definition) is 0. The Hall–Kier alpha value is -2.58. The molecule has 0 amide bonds. The van der Waals surface area contributed by atoms with Crippen LogP contribution in [-0.2, 0) is 5.11 Å².